The van der Waals surface area contributed by atoms with Crippen LogP contribution in [0.5, 0.6) is 0 Å². The maximum Gasteiger partial charge on any atom is 0.244 e. The Kier molecular flexibility index (Phi) is 4.17. The van der Waals surface area contributed by atoms with Crippen molar-refractivity contribution >= 4 is 12.0 Å². The molecule has 1 N–H and O–H groups in total. The van der Waals surface area contributed by atoms with Gasteiger partial charge in [0.1, 0.15) is 11.9 Å². The number of fused-ring (bicyclic) bond motifs is 1. The van der Waals surface area contributed by atoms with Gasteiger partial charge in [-0.1, -0.05) is 24.3 Å². The second-order valence-electron chi connectivity index (χ2n) is 4.90. The Morgan fingerprint density at radius 1 is 1.29 bits per heavy atom. The van der Waals surface area contributed by atoms with Crippen LogP contribution in [0.25, 0.3) is 6.08 Å². The highest BCUT2D eigenvalue weighted by Crippen LogP contribution is 2.26. The molecule has 0 aliphatic carbocycles. The van der Waals surface area contributed by atoms with Crippen LogP contribution < -0.4 is 5.32 Å². The minimum absolute atomic E-state index is 0.0732. The number of carbonyl (C=O) groups excluding carboxylic acids is 1. The lowest BCUT2D eigenvalue weighted by molar-refractivity contribution is -0.117. The average molecular weight is 283 g/mol. The lowest BCUT2D eigenvalue weighted by Crippen LogP contribution is -2.30. The summed E-state index contributed by atoms with van der Waals surface area (Å²) in [5.41, 5.74) is 2.47. The van der Waals surface area contributed by atoms with Gasteiger partial charge in [0.15, 0.2) is 0 Å². The first-order valence-corrected chi connectivity index (χ1v) is 7.02. The summed E-state index contributed by atoms with van der Waals surface area (Å²) in [6.45, 7) is 1.16. The molecule has 1 aromatic carbocycles. The maximum absolute atomic E-state index is 11.8. The van der Waals surface area contributed by atoms with Gasteiger partial charge in [0.25, 0.3) is 0 Å². The van der Waals surface area contributed by atoms with E-state index in [9.17, 15) is 4.79 Å². The predicted octanol–water partition coefficient (Wildman–Crippen LogP) is 2.72. The molecule has 4 heteroatoms. The Hall–Kier alpha value is -2.33. The molecule has 3 rings (SSSR count). The zero-order valence-electron chi connectivity index (χ0n) is 11.6. The molecule has 0 fully saturated rings. The fraction of sp³-hybridized carbons (Fsp3) is 0.235. The van der Waals surface area contributed by atoms with Gasteiger partial charge in [0.2, 0.25) is 5.91 Å². The van der Waals surface area contributed by atoms with Crippen molar-refractivity contribution in [1.82, 2.24) is 5.32 Å². The van der Waals surface area contributed by atoms with E-state index in [0.717, 1.165) is 6.42 Å². The maximum atomic E-state index is 11.8. The third-order valence-corrected chi connectivity index (χ3v) is 3.50. The standard InChI is InChI=1S/C17H17NO3/c19-17(8-7-14-5-3-10-20-14)18-12-16-15-6-2-1-4-13(15)9-11-21-16/h1-8,10,16H,9,11-12H2,(H,18,19)/b8-7-/t16-/m0/s1. The van der Waals surface area contributed by atoms with Crippen LogP contribution in [0.1, 0.15) is 23.0 Å². The highest BCUT2D eigenvalue weighted by atomic mass is 16.5. The minimum Gasteiger partial charge on any atom is -0.465 e. The van der Waals surface area contributed by atoms with Gasteiger partial charge in [-0.15, -0.1) is 0 Å². The van der Waals surface area contributed by atoms with E-state index in [-0.39, 0.29) is 12.0 Å². The minimum atomic E-state index is -0.155. The summed E-state index contributed by atoms with van der Waals surface area (Å²) in [7, 11) is 0. The van der Waals surface area contributed by atoms with E-state index in [0.29, 0.717) is 18.9 Å². The van der Waals surface area contributed by atoms with Gasteiger partial charge >= 0.3 is 0 Å². The molecular formula is C17H17NO3. The van der Waals surface area contributed by atoms with Crippen molar-refractivity contribution in [3.63, 3.8) is 0 Å². The first kappa shape index (κ1) is 13.6. The monoisotopic (exact) mass is 283 g/mol. The summed E-state index contributed by atoms with van der Waals surface area (Å²) in [6, 6.07) is 11.8. The summed E-state index contributed by atoms with van der Waals surface area (Å²) >= 11 is 0. The summed E-state index contributed by atoms with van der Waals surface area (Å²) in [5.74, 6) is 0.502. The van der Waals surface area contributed by atoms with Crippen molar-refractivity contribution in [1.29, 1.82) is 0 Å². The van der Waals surface area contributed by atoms with Crippen molar-refractivity contribution in [2.45, 2.75) is 12.5 Å². The number of amides is 1. The van der Waals surface area contributed by atoms with Crippen LogP contribution in [-0.4, -0.2) is 19.1 Å². The Bertz CT molecular complexity index is 631. The number of ether oxygens (including phenoxy) is 1. The summed E-state index contributed by atoms with van der Waals surface area (Å²) in [5, 5.41) is 2.86. The Labute approximate surface area is 123 Å². The van der Waals surface area contributed by atoms with E-state index in [2.05, 4.69) is 17.4 Å². The number of rotatable bonds is 4. The van der Waals surface area contributed by atoms with Gasteiger partial charge in [-0.2, -0.15) is 0 Å². The zero-order valence-corrected chi connectivity index (χ0v) is 11.6. The number of nitrogens with one attached hydrogen (secondary N) is 1. The fourth-order valence-electron chi connectivity index (χ4n) is 2.44. The number of furan rings is 1. The molecule has 0 bridgehead atoms. The molecule has 0 unspecified atom stereocenters. The quantitative estimate of drug-likeness (QED) is 0.878. The molecule has 1 aliphatic heterocycles. The Balaban J connectivity index is 1.57. The zero-order chi connectivity index (χ0) is 14.5. The molecule has 21 heavy (non-hydrogen) atoms. The smallest absolute Gasteiger partial charge is 0.244 e. The van der Waals surface area contributed by atoms with E-state index in [4.69, 9.17) is 9.15 Å². The molecule has 0 saturated carbocycles. The molecule has 2 heterocycles. The molecule has 1 aromatic heterocycles. The second kappa shape index (κ2) is 6.41. The Morgan fingerprint density at radius 2 is 2.19 bits per heavy atom. The SMILES string of the molecule is O=C(/C=C\c1ccco1)NC[C@@H]1OCCc2ccccc21. The molecular weight excluding hydrogens is 266 g/mol. The van der Waals surface area contributed by atoms with E-state index >= 15 is 0 Å². The lowest BCUT2D eigenvalue weighted by atomic mass is 9.97. The van der Waals surface area contributed by atoms with Crippen LogP contribution in [0.3, 0.4) is 0 Å². The van der Waals surface area contributed by atoms with Gasteiger partial charge in [0.05, 0.1) is 12.9 Å². The van der Waals surface area contributed by atoms with Crippen molar-refractivity contribution in [2.24, 2.45) is 0 Å². The van der Waals surface area contributed by atoms with Gasteiger partial charge in [-0.05, 0) is 35.8 Å². The van der Waals surface area contributed by atoms with E-state index in [1.165, 1.54) is 17.2 Å². The topological polar surface area (TPSA) is 51.5 Å². The first-order chi connectivity index (χ1) is 10.3. The third-order valence-electron chi connectivity index (χ3n) is 3.50. The van der Waals surface area contributed by atoms with Gasteiger partial charge in [0, 0.05) is 12.6 Å². The molecule has 0 radical (unpaired) electrons. The predicted molar refractivity (Wildman–Crippen MR) is 79.6 cm³/mol. The number of carbonyl (C=O) groups is 1. The van der Waals surface area contributed by atoms with Crippen LogP contribution in [0.15, 0.2) is 53.2 Å². The lowest BCUT2D eigenvalue weighted by Gasteiger charge is -2.26. The van der Waals surface area contributed by atoms with Gasteiger partial charge in [-0.25, -0.2) is 0 Å². The van der Waals surface area contributed by atoms with Crippen LogP contribution in [0.4, 0.5) is 0 Å². The number of hydrogen-bond donors (Lipinski definition) is 1. The van der Waals surface area contributed by atoms with E-state index in [1.807, 2.05) is 12.1 Å². The highest BCUT2D eigenvalue weighted by Gasteiger charge is 2.20. The first-order valence-electron chi connectivity index (χ1n) is 7.02. The molecule has 0 spiro atoms. The molecule has 1 atom stereocenters. The summed E-state index contributed by atoms with van der Waals surface area (Å²) in [6.07, 6.45) is 5.54. The van der Waals surface area contributed by atoms with Crippen LogP contribution >= 0.6 is 0 Å². The van der Waals surface area contributed by atoms with Crippen LogP contribution in [-0.2, 0) is 16.0 Å². The second-order valence-corrected chi connectivity index (χ2v) is 4.90. The van der Waals surface area contributed by atoms with Crippen molar-refractivity contribution in [3.8, 4) is 0 Å². The molecule has 1 aliphatic rings. The van der Waals surface area contributed by atoms with Crippen LogP contribution in [0.2, 0.25) is 0 Å². The van der Waals surface area contributed by atoms with E-state index in [1.54, 1.807) is 24.5 Å². The highest BCUT2D eigenvalue weighted by molar-refractivity contribution is 5.91. The molecule has 0 saturated heterocycles. The van der Waals surface area contributed by atoms with Crippen molar-refractivity contribution in [2.75, 3.05) is 13.2 Å². The molecule has 1 amide bonds. The fourth-order valence-corrected chi connectivity index (χ4v) is 2.44. The molecule has 4 nitrogen and oxygen atoms in total. The van der Waals surface area contributed by atoms with Crippen molar-refractivity contribution in [3.05, 3.63) is 65.6 Å². The van der Waals surface area contributed by atoms with Crippen molar-refractivity contribution < 1.29 is 13.9 Å². The Morgan fingerprint density at radius 3 is 3.05 bits per heavy atom. The largest absolute Gasteiger partial charge is 0.465 e. The molecule has 108 valence electrons. The molecule has 2 aromatic rings. The van der Waals surface area contributed by atoms with Crippen LogP contribution in [0, 0.1) is 0 Å². The third kappa shape index (κ3) is 3.41. The number of benzene rings is 1. The summed E-state index contributed by atoms with van der Waals surface area (Å²) in [4.78, 5) is 11.8. The summed E-state index contributed by atoms with van der Waals surface area (Å²) < 4.78 is 10.9. The van der Waals surface area contributed by atoms with Gasteiger partial charge in [-0.3, -0.25) is 4.79 Å². The number of hydrogen-bond acceptors (Lipinski definition) is 3. The average Bonchev–Trinajstić information content (AvgIpc) is 3.04. The normalized spacial score (nSPS) is 17.6. The van der Waals surface area contributed by atoms with Gasteiger partial charge < -0.3 is 14.5 Å². The van der Waals surface area contributed by atoms with E-state index < -0.39 is 0 Å².